The molecule has 0 aromatic heterocycles. The average molecular weight is 747 g/mol. The van der Waals surface area contributed by atoms with Gasteiger partial charge in [-0.3, -0.25) is 0 Å². The van der Waals surface area contributed by atoms with Gasteiger partial charge < -0.3 is 18.9 Å². The third-order valence-corrected chi connectivity index (χ3v) is 8.69. The summed E-state index contributed by atoms with van der Waals surface area (Å²) >= 11 is 0. The first-order valence-electron chi connectivity index (χ1n) is 17.7. The Balaban J connectivity index is 1.54. The van der Waals surface area contributed by atoms with Crippen LogP contribution in [0.1, 0.15) is 72.9 Å². The highest BCUT2D eigenvalue weighted by atomic mass is 16.5. The van der Waals surface area contributed by atoms with Crippen LogP contribution in [0.5, 0.6) is 23.0 Å². The summed E-state index contributed by atoms with van der Waals surface area (Å²) in [5.74, 6) is -0.999. The minimum atomic E-state index is -0.510. The average Bonchev–Trinajstić information content (AvgIpc) is 3.18. The first-order chi connectivity index (χ1) is 26.7. The van der Waals surface area contributed by atoms with E-state index in [9.17, 15) is 19.2 Å². The molecule has 0 radical (unpaired) electrons. The van der Waals surface area contributed by atoms with Crippen LogP contribution in [0.15, 0.2) is 170 Å². The molecule has 0 N–H and O–H groups in total. The summed E-state index contributed by atoms with van der Waals surface area (Å²) in [6.07, 6.45) is 0. The van der Waals surface area contributed by atoms with Crippen LogP contribution in [0.2, 0.25) is 0 Å². The van der Waals surface area contributed by atoms with Crippen molar-refractivity contribution in [2.45, 2.75) is 39.5 Å². The summed E-state index contributed by atoms with van der Waals surface area (Å²) in [5, 5.41) is 0. The lowest BCUT2D eigenvalue weighted by molar-refractivity contribution is -0.130. The predicted molar refractivity (Wildman–Crippen MR) is 216 cm³/mol. The van der Waals surface area contributed by atoms with Gasteiger partial charge in [0.1, 0.15) is 23.0 Å². The van der Waals surface area contributed by atoms with Gasteiger partial charge in [-0.1, -0.05) is 99.1 Å². The molecule has 0 saturated heterocycles. The molecule has 8 nitrogen and oxygen atoms in total. The smallest absolute Gasteiger partial charge is 0.338 e. The van der Waals surface area contributed by atoms with E-state index in [0.717, 1.165) is 33.4 Å². The molecule has 0 bridgehead atoms. The maximum atomic E-state index is 12.2. The van der Waals surface area contributed by atoms with E-state index in [-0.39, 0.29) is 11.8 Å². The quantitative estimate of drug-likeness (QED) is 0.0479. The molecular formula is C48H42O8. The second kappa shape index (κ2) is 17.8. The van der Waals surface area contributed by atoms with Gasteiger partial charge >= 0.3 is 23.9 Å². The zero-order valence-electron chi connectivity index (χ0n) is 31.8. The standard InChI is InChI=1S/C48H42O8/c1-29(2)45(49)53-39-21-13-35(14-22-39)43(36-15-23-40(24-16-36)54-46(50)30(3)4)33-9-11-34(12-10-33)44(37-17-25-41(26-18-37)55-47(51)31(5)6)38-19-27-42(28-20-38)56-48(52)32(7)8/h9-28,43-44H,1,3,5,7H2,2,4,6,8H3. The highest BCUT2D eigenvalue weighted by molar-refractivity contribution is 5.90. The number of hydrogen-bond donors (Lipinski definition) is 0. The second-order valence-corrected chi connectivity index (χ2v) is 13.5. The van der Waals surface area contributed by atoms with Gasteiger partial charge in [0.15, 0.2) is 0 Å². The van der Waals surface area contributed by atoms with Crippen LogP contribution in [0.4, 0.5) is 0 Å². The molecule has 0 heterocycles. The van der Waals surface area contributed by atoms with Gasteiger partial charge in [-0.2, -0.15) is 0 Å². The molecule has 282 valence electrons. The maximum absolute atomic E-state index is 12.2. The van der Waals surface area contributed by atoms with Crippen LogP contribution in [-0.4, -0.2) is 23.9 Å². The molecule has 8 heteroatoms. The highest BCUT2D eigenvalue weighted by Gasteiger charge is 2.22. The third-order valence-electron chi connectivity index (χ3n) is 8.69. The molecule has 0 atom stereocenters. The van der Waals surface area contributed by atoms with Crippen LogP contribution in [-0.2, 0) is 19.2 Å². The molecule has 5 aromatic carbocycles. The topological polar surface area (TPSA) is 105 Å². The van der Waals surface area contributed by atoms with Crippen molar-refractivity contribution < 1.29 is 38.1 Å². The Morgan fingerprint density at radius 3 is 0.607 bits per heavy atom. The lowest BCUT2D eigenvalue weighted by Gasteiger charge is -2.23. The molecule has 0 unspecified atom stereocenters. The molecule has 0 aliphatic carbocycles. The summed E-state index contributed by atoms with van der Waals surface area (Å²) in [6, 6.07) is 37.4. The number of hydrogen-bond acceptors (Lipinski definition) is 8. The SMILES string of the molecule is C=C(C)C(=O)Oc1ccc(C(c2ccc(OC(=O)C(=C)C)cc2)c2ccc(C(c3ccc(OC(=O)C(=C)C)cc3)c3ccc(OC(=O)C(=C)C)cc3)cc2)cc1. The van der Waals surface area contributed by atoms with Crippen LogP contribution in [0.25, 0.3) is 0 Å². The Morgan fingerprint density at radius 1 is 0.321 bits per heavy atom. The summed E-state index contributed by atoms with van der Waals surface area (Å²) in [7, 11) is 0. The largest absolute Gasteiger partial charge is 0.423 e. The van der Waals surface area contributed by atoms with Crippen molar-refractivity contribution in [2.24, 2.45) is 0 Å². The zero-order valence-corrected chi connectivity index (χ0v) is 31.8. The Hall–Kier alpha value is -7.06. The fourth-order valence-corrected chi connectivity index (χ4v) is 5.73. The van der Waals surface area contributed by atoms with E-state index in [4.69, 9.17) is 18.9 Å². The molecule has 0 fully saturated rings. The Bertz CT molecular complexity index is 1990. The minimum absolute atomic E-state index is 0.260. The Labute approximate surface area is 327 Å². The minimum Gasteiger partial charge on any atom is -0.423 e. The number of rotatable bonds is 14. The van der Waals surface area contributed by atoms with Crippen molar-refractivity contribution in [3.05, 3.63) is 203 Å². The number of ether oxygens (including phenoxy) is 4. The second-order valence-electron chi connectivity index (χ2n) is 13.5. The number of esters is 4. The number of benzene rings is 5. The van der Waals surface area contributed by atoms with Gasteiger partial charge in [0.2, 0.25) is 0 Å². The van der Waals surface area contributed by atoms with E-state index < -0.39 is 23.9 Å². The lowest BCUT2D eigenvalue weighted by Crippen LogP contribution is -2.10. The molecule has 0 saturated carbocycles. The van der Waals surface area contributed by atoms with Crippen molar-refractivity contribution in [2.75, 3.05) is 0 Å². The summed E-state index contributed by atoms with van der Waals surface area (Å²) < 4.78 is 21.8. The molecule has 56 heavy (non-hydrogen) atoms. The first kappa shape index (κ1) is 40.1. The van der Waals surface area contributed by atoms with Gasteiger partial charge in [-0.15, -0.1) is 0 Å². The number of carbonyl (C=O) groups is 4. The summed E-state index contributed by atoms with van der Waals surface area (Å²) in [6.45, 7) is 21.0. The molecule has 5 rings (SSSR count). The van der Waals surface area contributed by atoms with Gasteiger partial charge in [-0.25, -0.2) is 19.2 Å². The van der Waals surface area contributed by atoms with Gasteiger partial charge in [0.25, 0.3) is 0 Å². The van der Waals surface area contributed by atoms with Crippen molar-refractivity contribution in [1.29, 1.82) is 0 Å². The fraction of sp³-hybridized carbons (Fsp3) is 0.125. The van der Waals surface area contributed by atoms with Gasteiger partial charge in [-0.05, 0) is 110 Å². The zero-order chi connectivity index (χ0) is 40.5. The van der Waals surface area contributed by atoms with Crippen LogP contribution >= 0.6 is 0 Å². The molecular weight excluding hydrogens is 705 g/mol. The number of carbonyl (C=O) groups excluding carboxylic acids is 4. The summed E-state index contributed by atoms with van der Waals surface area (Å²) in [5.41, 5.74) is 6.82. The Morgan fingerprint density at radius 2 is 0.464 bits per heavy atom. The van der Waals surface area contributed by atoms with E-state index in [1.54, 1.807) is 76.2 Å². The fourth-order valence-electron chi connectivity index (χ4n) is 5.73. The predicted octanol–water partition coefficient (Wildman–Crippen LogP) is 9.97. The summed E-state index contributed by atoms with van der Waals surface area (Å²) in [4.78, 5) is 48.7. The van der Waals surface area contributed by atoms with Crippen molar-refractivity contribution in [3.63, 3.8) is 0 Å². The van der Waals surface area contributed by atoms with Crippen LogP contribution < -0.4 is 18.9 Å². The van der Waals surface area contributed by atoms with Crippen LogP contribution in [0, 0.1) is 0 Å². The monoisotopic (exact) mass is 746 g/mol. The van der Waals surface area contributed by atoms with Crippen molar-refractivity contribution in [1.82, 2.24) is 0 Å². The normalized spacial score (nSPS) is 10.7. The van der Waals surface area contributed by atoms with E-state index in [1.165, 1.54) is 0 Å². The van der Waals surface area contributed by atoms with E-state index >= 15 is 0 Å². The maximum Gasteiger partial charge on any atom is 0.338 e. The van der Waals surface area contributed by atoms with Gasteiger partial charge in [0, 0.05) is 34.1 Å². The van der Waals surface area contributed by atoms with Crippen molar-refractivity contribution >= 4 is 23.9 Å². The highest BCUT2D eigenvalue weighted by Crippen LogP contribution is 2.38. The van der Waals surface area contributed by atoms with E-state index in [0.29, 0.717) is 45.3 Å². The molecule has 5 aromatic rings. The van der Waals surface area contributed by atoms with E-state index in [1.807, 2.05) is 48.5 Å². The Kier molecular flexibility index (Phi) is 12.8. The molecule has 0 spiro atoms. The third kappa shape index (κ3) is 10.1. The van der Waals surface area contributed by atoms with E-state index in [2.05, 4.69) is 50.6 Å². The van der Waals surface area contributed by atoms with Gasteiger partial charge in [0.05, 0.1) is 0 Å². The molecule has 0 amide bonds. The lowest BCUT2D eigenvalue weighted by atomic mass is 9.81. The van der Waals surface area contributed by atoms with Crippen molar-refractivity contribution in [3.8, 4) is 23.0 Å². The van der Waals surface area contributed by atoms with Crippen LogP contribution in [0.3, 0.4) is 0 Å². The first-order valence-corrected chi connectivity index (χ1v) is 17.7. The molecule has 0 aliphatic rings. The molecule has 0 aliphatic heterocycles.